The fourth-order valence-electron chi connectivity index (χ4n) is 3.58. The Morgan fingerprint density at radius 2 is 1.75 bits per heavy atom. The van der Waals surface area contributed by atoms with Crippen molar-refractivity contribution in [3.05, 3.63) is 68.2 Å². The van der Waals surface area contributed by atoms with Crippen LogP contribution in [0.2, 0.25) is 0 Å². The van der Waals surface area contributed by atoms with Crippen molar-refractivity contribution in [2.45, 2.75) is 0 Å². The molecule has 0 spiro atoms. The molecule has 1 aromatic carbocycles. The Balaban J connectivity index is 1.34. The van der Waals surface area contributed by atoms with Crippen molar-refractivity contribution < 1.29 is 9.21 Å². The molecule has 162 valence electrons. The summed E-state index contributed by atoms with van der Waals surface area (Å²) >= 11 is 6.80. The van der Waals surface area contributed by atoms with Crippen LogP contribution >= 0.6 is 31.9 Å². The molecule has 32 heavy (non-hydrogen) atoms. The van der Waals surface area contributed by atoms with Gasteiger partial charge < -0.3 is 14.2 Å². The van der Waals surface area contributed by atoms with Gasteiger partial charge in [0.15, 0.2) is 11.4 Å². The Morgan fingerprint density at radius 1 is 0.969 bits per heavy atom. The Labute approximate surface area is 198 Å². The number of aromatic nitrogens is 5. The lowest BCUT2D eigenvalue weighted by molar-refractivity contribution is 0.0742. The number of piperazine rings is 1. The number of halogens is 2. The summed E-state index contributed by atoms with van der Waals surface area (Å²) in [5.41, 5.74) is -0.223. The molecule has 0 aliphatic carbocycles. The van der Waals surface area contributed by atoms with E-state index in [1.807, 2.05) is 6.07 Å². The average Bonchev–Trinajstić information content (AvgIpc) is 3.34. The topological polar surface area (TPSA) is 110 Å². The van der Waals surface area contributed by atoms with Gasteiger partial charge in [-0.15, -0.1) is 0 Å². The highest BCUT2D eigenvalue weighted by Crippen LogP contribution is 2.28. The van der Waals surface area contributed by atoms with Crippen molar-refractivity contribution in [1.29, 1.82) is 0 Å². The summed E-state index contributed by atoms with van der Waals surface area (Å²) < 4.78 is 8.43. The molecule has 5 rings (SSSR count). The SMILES string of the molecule is O=C(c1cc2cc(Br)cc(Br)c2oc1=O)N1CCN(c2cc(-n3cncn3)ncn2)CC1. The maximum atomic E-state index is 13.1. The second kappa shape index (κ2) is 8.43. The van der Waals surface area contributed by atoms with E-state index in [0.29, 0.717) is 47.4 Å². The van der Waals surface area contributed by atoms with Crippen LogP contribution in [0.15, 0.2) is 61.4 Å². The third kappa shape index (κ3) is 3.91. The van der Waals surface area contributed by atoms with E-state index in [4.69, 9.17) is 4.42 Å². The minimum Gasteiger partial charge on any atom is -0.421 e. The first-order chi connectivity index (χ1) is 15.5. The van der Waals surface area contributed by atoms with Crippen LogP contribution in [0.25, 0.3) is 16.8 Å². The number of nitrogens with zero attached hydrogens (tertiary/aromatic N) is 7. The van der Waals surface area contributed by atoms with E-state index in [1.54, 1.807) is 34.1 Å². The lowest BCUT2D eigenvalue weighted by Gasteiger charge is -2.35. The first kappa shape index (κ1) is 20.8. The Morgan fingerprint density at radius 3 is 2.50 bits per heavy atom. The maximum absolute atomic E-state index is 13.1. The van der Waals surface area contributed by atoms with E-state index in [-0.39, 0.29) is 11.5 Å². The number of hydrogen-bond acceptors (Lipinski definition) is 8. The molecule has 1 fully saturated rings. The van der Waals surface area contributed by atoms with E-state index in [9.17, 15) is 9.59 Å². The number of amides is 1. The van der Waals surface area contributed by atoms with Crippen molar-refractivity contribution >= 4 is 54.6 Å². The Bertz CT molecular complexity index is 1370. The number of hydrogen-bond donors (Lipinski definition) is 0. The van der Waals surface area contributed by atoms with Crippen LogP contribution in [0.4, 0.5) is 5.82 Å². The molecule has 0 N–H and O–H groups in total. The van der Waals surface area contributed by atoms with E-state index in [2.05, 4.69) is 56.8 Å². The summed E-state index contributed by atoms with van der Waals surface area (Å²) in [6.07, 6.45) is 4.47. The smallest absolute Gasteiger partial charge is 0.349 e. The Hall–Kier alpha value is -3.12. The van der Waals surface area contributed by atoms with Gasteiger partial charge in [0.1, 0.15) is 30.4 Å². The zero-order chi connectivity index (χ0) is 22.2. The number of benzene rings is 1. The van der Waals surface area contributed by atoms with Gasteiger partial charge in [-0.1, -0.05) is 15.9 Å². The van der Waals surface area contributed by atoms with Crippen LogP contribution in [-0.4, -0.2) is 61.7 Å². The third-order valence-electron chi connectivity index (χ3n) is 5.16. The predicted octanol–water partition coefficient (Wildman–Crippen LogP) is 2.65. The predicted molar refractivity (Wildman–Crippen MR) is 123 cm³/mol. The molecule has 1 amide bonds. The fourth-order valence-corrected chi connectivity index (χ4v) is 4.92. The Kier molecular flexibility index (Phi) is 5.47. The van der Waals surface area contributed by atoms with Crippen molar-refractivity contribution in [2.75, 3.05) is 31.1 Å². The van der Waals surface area contributed by atoms with E-state index in [0.717, 1.165) is 10.3 Å². The molecule has 0 radical (unpaired) electrons. The third-order valence-corrected chi connectivity index (χ3v) is 6.21. The van der Waals surface area contributed by atoms with Gasteiger partial charge in [0.2, 0.25) is 0 Å². The minimum absolute atomic E-state index is 0.0199. The van der Waals surface area contributed by atoms with Crippen LogP contribution in [0, 0.1) is 0 Å². The van der Waals surface area contributed by atoms with E-state index >= 15 is 0 Å². The highest BCUT2D eigenvalue weighted by atomic mass is 79.9. The zero-order valence-corrected chi connectivity index (χ0v) is 19.7. The molecule has 4 heterocycles. The normalized spacial score (nSPS) is 14.2. The fraction of sp³-hybridized carbons (Fsp3) is 0.200. The van der Waals surface area contributed by atoms with Crippen molar-refractivity contribution in [3.63, 3.8) is 0 Å². The number of carbonyl (C=O) groups excluding carboxylic acids is 1. The number of anilines is 1. The van der Waals surface area contributed by atoms with Crippen molar-refractivity contribution in [1.82, 2.24) is 29.6 Å². The van der Waals surface area contributed by atoms with Gasteiger partial charge in [-0.05, 0) is 34.1 Å². The van der Waals surface area contributed by atoms with Gasteiger partial charge in [0.05, 0.1) is 4.47 Å². The lowest BCUT2D eigenvalue weighted by Crippen LogP contribution is -2.49. The summed E-state index contributed by atoms with van der Waals surface area (Å²) in [5, 5.41) is 4.74. The quantitative estimate of drug-likeness (QED) is 0.352. The molecule has 3 aromatic heterocycles. The van der Waals surface area contributed by atoms with Crippen LogP contribution in [-0.2, 0) is 0 Å². The maximum Gasteiger partial charge on any atom is 0.349 e. The summed E-state index contributed by atoms with van der Waals surface area (Å²) in [7, 11) is 0. The largest absolute Gasteiger partial charge is 0.421 e. The summed E-state index contributed by atoms with van der Waals surface area (Å²) in [5.74, 6) is 0.997. The average molecular weight is 561 g/mol. The van der Waals surface area contributed by atoms with Gasteiger partial charge in [-0.3, -0.25) is 4.79 Å². The zero-order valence-electron chi connectivity index (χ0n) is 16.5. The van der Waals surface area contributed by atoms with Gasteiger partial charge in [-0.25, -0.2) is 24.4 Å². The van der Waals surface area contributed by atoms with Gasteiger partial charge in [0.25, 0.3) is 5.91 Å². The monoisotopic (exact) mass is 559 g/mol. The van der Waals surface area contributed by atoms with E-state index < -0.39 is 5.63 Å². The molecule has 12 heteroatoms. The summed E-state index contributed by atoms with van der Waals surface area (Å²) in [4.78, 5) is 41.8. The van der Waals surface area contributed by atoms with Crippen LogP contribution in [0.3, 0.4) is 0 Å². The molecule has 1 saturated heterocycles. The van der Waals surface area contributed by atoms with Gasteiger partial charge >= 0.3 is 5.63 Å². The van der Waals surface area contributed by atoms with E-state index in [1.165, 1.54) is 12.7 Å². The minimum atomic E-state index is -0.652. The molecule has 0 atom stereocenters. The standard InChI is InChI=1S/C20H15Br2N7O3/c21-13-5-12-6-14(20(31)32-18(12)15(22)7-13)19(30)28-3-1-27(2-4-28)16-8-17(25-10-24-16)29-11-23-9-26-29/h5-11H,1-4H2. The number of fused-ring (bicyclic) bond motifs is 1. The molecule has 0 saturated carbocycles. The summed E-state index contributed by atoms with van der Waals surface area (Å²) in [6.45, 7) is 2.02. The van der Waals surface area contributed by atoms with Crippen LogP contribution in [0.1, 0.15) is 10.4 Å². The second-order valence-corrected chi connectivity index (χ2v) is 8.88. The lowest BCUT2D eigenvalue weighted by atomic mass is 10.1. The van der Waals surface area contributed by atoms with Gasteiger partial charge in [-0.2, -0.15) is 5.10 Å². The first-order valence-electron chi connectivity index (χ1n) is 9.64. The highest BCUT2D eigenvalue weighted by molar-refractivity contribution is 9.11. The molecule has 0 bridgehead atoms. The van der Waals surface area contributed by atoms with Crippen molar-refractivity contribution in [2.24, 2.45) is 0 Å². The molecule has 1 aliphatic rings. The molecular weight excluding hydrogens is 546 g/mol. The molecule has 0 unspecified atom stereocenters. The number of rotatable bonds is 3. The van der Waals surface area contributed by atoms with Gasteiger partial charge in [0, 0.05) is 42.1 Å². The van der Waals surface area contributed by atoms with Crippen molar-refractivity contribution in [3.8, 4) is 5.82 Å². The van der Waals surface area contributed by atoms with Crippen LogP contribution < -0.4 is 10.5 Å². The van der Waals surface area contributed by atoms with Crippen LogP contribution in [0.5, 0.6) is 0 Å². The highest BCUT2D eigenvalue weighted by Gasteiger charge is 2.26. The number of carbonyl (C=O) groups is 1. The molecule has 10 nitrogen and oxygen atoms in total. The second-order valence-electron chi connectivity index (χ2n) is 7.11. The first-order valence-corrected chi connectivity index (χ1v) is 11.2. The summed E-state index contributed by atoms with van der Waals surface area (Å²) in [6, 6.07) is 6.99. The molecule has 1 aliphatic heterocycles. The molecular formula is C20H15Br2N7O3. The molecule has 4 aromatic rings.